The van der Waals surface area contributed by atoms with Crippen molar-refractivity contribution in [3.8, 4) is 16.3 Å². The molecule has 0 unspecified atom stereocenters. The van der Waals surface area contributed by atoms with Crippen LogP contribution in [0.5, 0.6) is 5.75 Å². The molecule has 4 rings (SSSR count). The predicted octanol–water partition coefficient (Wildman–Crippen LogP) is 2.60. The summed E-state index contributed by atoms with van der Waals surface area (Å²) in [7, 11) is -3.59. The SMILES string of the molecule is O=C(NS(=O)(=O)CC1CCC1)c1cnc(-c2ccc3c(c2)CCO3)s1. The summed E-state index contributed by atoms with van der Waals surface area (Å²) in [6.07, 6.45) is 5.20. The number of aromatic nitrogens is 1. The van der Waals surface area contributed by atoms with E-state index >= 15 is 0 Å². The highest BCUT2D eigenvalue weighted by atomic mass is 32.2. The van der Waals surface area contributed by atoms with Crippen molar-refractivity contribution in [3.63, 3.8) is 0 Å². The number of hydrogen-bond donors (Lipinski definition) is 1. The minimum atomic E-state index is -3.59. The van der Waals surface area contributed by atoms with E-state index in [0.29, 0.717) is 16.5 Å². The van der Waals surface area contributed by atoms with Crippen LogP contribution in [-0.4, -0.2) is 31.7 Å². The van der Waals surface area contributed by atoms with E-state index in [4.69, 9.17) is 4.74 Å². The molecule has 1 aromatic carbocycles. The first-order chi connectivity index (χ1) is 12.0. The van der Waals surface area contributed by atoms with Crippen molar-refractivity contribution >= 4 is 27.3 Å². The van der Waals surface area contributed by atoms with Crippen LogP contribution in [0.15, 0.2) is 24.4 Å². The number of hydrogen-bond acceptors (Lipinski definition) is 6. The van der Waals surface area contributed by atoms with Crippen molar-refractivity contribution in [2.45, 2.75) is 25.7 Å². The largest absolute Gasteiger partial charge is 0.493 e. The van der Waals surface area contributed by atoms with Gasteiger partial charge >= 0.3 is 0 Å². The summed E-state index contributed by atoms with van der Waals surface area (Å²) in [5.41, 5.74) is 2.03. The molecule has 1 amide bonds. The van der Waals surface area contributed by atoms with E-state index in [1.807, 2.05) is 18.2 Å². The highest BCUT2D eigenvalue weighted by molar-refractivity contribution is 7.90. The Kier molecular flexibility index (Phi) is 4.24. The average molecular weight is 378 g/mol. The van der Waals surface area contributed by atoms with Gasteiger partial charge in [0.25, 0.3) is 5.91 Å². The zero-order valence-corrected chi connectivity index (χ0v) is 15.2. The second-order valence-corrected chi connectivity index (χ2v) is 9.26. The van der Waals surface area contributed by atoms with Crippen LogP contribution in [-0.2, 0) is 16.4 Å². The van der Waals surface area contributed by atoms with Crippen LogP contribution in [0.4, 0.5) is 0 Å². The molecule has 2 aromatic rings. The number of amides is 1. The van der Waals surface area contributed by atoms with Crippen LogP contribution in [0, 0.1) is 5.92 Å². The summed E-state index contributed by atoms with van der Waals surface area (Å²) in [5.74, 6) is 0.485. The summed E-state index contributed by atoms with van der Waals surface area (Å²) in [6, 6.07) is 5.82. The molecule has 0 atom stereocenters. The van der Waals surface area contributed by atoms with Crippen LogP contribution >= 0.6 is 11.3 Å². The van der Waals surface area contributed by atoms with Crippen LogP contribution in [0.25, 0.3) is 10.6 Å². The number of benzene rings is 1. The van der Waals surface area contributed by atoms with Gasteiger partial charge in [-0.25, -0.2) is 18.1 Å². The summed E-state index contributed by atoms with van der Waals surface area (Å²) in [5, 5.41) is 0.691. The number of rotatable bonds is 5. The molecule has 8 heteroatoms. The van der Waals surface area contributed by atoms with Crippen LogP contribution in [0.3, 0.4) is 0 Å². The number of nitrogens with one attached hydrogen (secondary N) is 1. The number of thiazole rings is 1. The molecule has 1 aliphatic heterocycles. The molecule has 2 heterocycles. The summed E-state index contributed by atoms with van der Waals surface area (Å²) >= 11 is 1.19. The topological polar surface area (TPSA) is 85.4 Å². The fourth-order valence-electron chi connectivity index (χ4n) is 3.04. The molecule has 1 N–H and O–H groups in total. The average Bonchev–Trinajstić information content (AvgIpc) is 3.18. The van der Waals surface area contributed by atoms with Gasteiger partial charge in [0, 0.05) is 12.0 Å². The molecule has 0 radical (unpaired) electrons. The number of nitrogens with zero attached hydrogens (tertiary/aromatic N) is 1. The van der Waals surface area contributed by atoms with Crippen molar-refractivity contribution in [1.82, 2.24) is 9.71 Å². The van der Waals surface area contributed by atoms with Gasteiger partial charge in [0.05, 0.1) is 18.6 Å². The van der Waals surface area contributed by atoms with E-state index in [-0.39, 0.29) is 11.7 Å². The third-order valence-corrected chi connectivity index (χ3v) is 7.05. The Morgan fingerprint density at radius 1 is 1.36 bits per heavy atom. The molecule has 6 nitrogen and oxygen atoms in total. The highest BCUT2D eigenvalue weighted by Gasteiger charge is 2.26. The first-order valence-electron chi connectivity index (χ1n) is 8.27. The number of sulfonamides is 1. The van der Waals surface area contributed by atoms with E-state index in [1.165, 1.54) is 17.5 Å². The van der Waals surface area contributed by atoms with Gasteiger partial charge in [-0.1, -0.05) is 6.42 Å². The fourth-order valence-corrected chi connectivity index (χ4v) is 5.34. The van der Waals surface area contributed by atoms with Gasteiger partial charge in [-0.05, 0) is 42.5 Å². The molecule has 0 saturated heterocycles. The minimum Gasteiger partial charge on any atom is -0.493 e. The van der Waals surface area contributed by atoms with Crippen molar-refractivity contribution < 1.29 is 17.9 Å². The Morgan fingerprint density at radius 3 is 2.96 bits per heavy atom. The first kappa shape index (κ1) is 16.5. The molecule has 1 fully saturated rings. The molecular formula is C17H18N2O4S2. The van der Waals surface area contributed by atoms with Gasteiger partial charge in [-0.3, -0.25) is 4.79 Å². The molecule has 25 heavy (non-hydrogen) atoms. The Bertz CT molecular complexity index is 916. The lowest BCUT2D eigenvalue weighted by molar-refractivity contribution is 0.0985. The van der Waals surface area contributed by atoms with Gasteiger partial charge in [0.1, 0.15) is 15.6 Å². The third kappa shape index (κ3) is 3.55. The van der Waals surface area contributed by atoms with Crippen molar-refractivity contribution in [2.75, 3.05) is 12.4 Å². The maximum absolute atomic E-state index is 12.2. The summed E-state index contributed by atoms with van der Waals surface area (Å²) in [4.78, 5) is 16.8. The maximum atomic E-state index is 12.2. The third-order valence-electron chi connectivity index (χ3n) is 4.59. The molecular weight excluding hydrogens is 360 g/mol. The lowest BCUT2D eigenvalue weighted by atomic mass is 9.87. The number of carbonyl (C=O) groups is 1. The van der Waals surface area contributed by atoms with E-state index in [2.05, 4.69) is 9.71 Å². The molecule has 0 spiro atoms. The number of ether oxygens (including phenoxy) is 1. The second kappa shape index (κ2) is 6.42. The Labute approximate surface area is 150 Å². The smallest absolute Gasteiger partial charge is 0.276 e. The van der Waals surface area contributed by atoms with Crippen molar-refractivity contribution in [2.24, 2.45) is 5.92 Å². The molecule has 1 aliphatic carbocycles. The minimum absolute atomic E-state index is 0.0230. The lowest BCUT2D eigenvalue weighted by Gasteiger charge is -2.24. The van der Waals surface area contributed by atoms with Gasteiger partial charge in [0.2, 0.25) is 10.0 Å². The second-order valence-electron chi connectivity index (χ2n) is 6.46. The normalized spacial score (nSPS) is 16.8. The van der Waals surface area contributed by atoms with Gasteiger partial charge in [-0.15, -0.1) is 11.3 Å². The highest BCUT2D eigenvalue weighted by Crippen LogP contribution is 2.32. The summed E-state index contributed by atoms with van der Waals surface area (Å²) < 4.78 is 31.8. The molecule has 1 aromatic heterocycles. The van der Waals surface area contributed by atoms with Crippen LogP contribution in [0.2, 0.25) is 0 Å². The zero-order valence-electron chi connectivity index (χ0n) is 13.5. The zero-order chi connectivity index (χ0) is 17.4. The monoisotopic (exact) mass is 378 g/mol. The van der Waals surface area contributed by atoms with Gasteiger partial charge in [0.15, 0.2) is 0 Å². The van der Waals surface area contributed by atoms with Crippen molar-refractivity contribution in [3.05, 3.63) is 34.8 Å². The van der Waals surface area contributed by atoms with Crippen LogP contribution in [0.1, 0.15) is 34.5 Å². The van der Waals surface area contributed by atoms with Crippen LogP contribution < -0.4 is 9.46 Å². The molecule has 1 saturated carbocycles. The lowest BCUT2D eigenvalue weighted by Crippen LogP contribution is -2.36. The Hall–Kier alpha value is -1.93. The molecule has 0 bridgehead atoms. The van der Waals surface area contributed by atoms with E-state index in [0.717, 1.165) is 42.6 Å². The standard InChI is InChI=1S/C17H18N2O4S2/c20-16(19-25(21,22)10-11-2-1-3-11)15-9-18-17(24-15)13-4-5-14-12(8-13)6-7-23-14/h4-5,8-9,11H,1-3,6-7,10H2,(H,19,20). The molecule has 132 valence electrons. The fraction of sp³-hybridized carbons (Fsp3) is 0.412. The molecule has 2 aliphatic rings. The number of carbonyl (C=O) groups excluding carboxylic acids is 1. The summed E-state index contributed by atoms with van der Waals surface area (Å²) in [6.45, 7) is 0.684. The predicted molar refractivity (Wildman–Crippen MR) is 95.3 cm³/mol. The Balaban J connectivity index is 1.48. The van der Waals surface area contributed by atoms with Crippen molar-refractivity contribution in [1.29, 1.82) is 0 Å². The van der Waals surface area contributed by atoms with Gasteiger partial charge in [-0.2, -0.15) is 0 Å². The Morgan fingerprint density at radius 2 is 2.20 bits per heavy atom. The van der Waals surface area contributed by atoms with E-state index in [1.54, 1.807) is 0 Å². The van der Waals surface area contributed by atoms with Gasteiger partial charge < -0.3 is 4.74 Å². The van der Waals surface area contributed by atoms with E-state index < -0.39 is 15.9 Å². The first-order valence-corrected chi connectivity index (χ1v) is 10.7. The quantitative estimate of drug-likeness (QED) is 0.864. The number of fused-ring (bicyclic) bond motifs is 1. The maximum Gasteiger partial charge on any atom is 0.276 e. The van der Waals surface area contributed by atoms with E-state index in [9.17, 15) is 13.2 Å².